The molecule has 0 atom stereocenters. The molecule has 0 aliphatic rings. The molecule has 0 radical (unpaired) electrons. The van der Waals surface area contributed by atoms with Gasteiger partial charge in [0, 0.05) is 12.1 Å². The Morgan fingerprint density at radius 2 is 1.26 bits per heavy atom. The van der Waals surface area contributed by atoms with Crippen molar-refractivity contribution < 1.29 is 4.79 Å². The molecule has 2 nitrogen and oxygen atoms in total. The van der Waals surface area contributed by atoms with Crippen LogP contribution in [0, 0.1) is 0 Å². The van der Waals surface area contributed by atoms with Crippen molar-refractivity contribution in [2.45, 2.75) is 6.42 Å². The second-order valence-corrected chi connectivity index (χ2v) is 5.43. The van der Waals surface area contributed by atoms with E-state index in [0.29, 0.717) is 12.1 Å². The summed E-state index contributed by atoms with van der Waals surface area (Å²) >= 11 is 0. The first-order chi connectivity index (χ1) is 11.3. The predicted octanol–water partition coefficient (Wildman–Crippen LogP) is 4.33. The third-order valence-corrected chi connectivity index (χ3v) is 3.80. The molecule has 0 saturated heterocycles. The molecule has 3 aromatic carbocycles. The molecule has 0 heterocycles. The average molecular weight is 301 g/mol. The zero-order chi connectivity index (χ0) is 15.9. The van der Waals surface area contributed by atoms with Gasteiger partial charge in [-0.05, 0) is 35.2 Å². The van der Waals surface area contributed by atoms with Crippen molar-refractivity contribution in [1.29, 1.82) is 0 Å². The van der Waals surface area contributed by atoms with Crippen molar-refractivity contribution in [3.63, 3.8) is 0 Å². The number of carbonyl (C=O) groups is 1. The maximum atomic E-state index is 12.2. The average Bonchev–Trinajstić information content (AvgIpc) is 2.63. The molecule has 114 valence electrons. The van der Waals surface area contributed by atoms with Gasteiger partial charge in [0.1, 0.15) is 0 Å². The SMILES string of the molecule is O=C(NCCc1ccccc1)c1ccc(-c2ccccc2)cc1. The Kier molecular flexibility index (Phi) is 4.85. The summed E-state index contributed by atoms with van der Waals surface area (Å²) in [6.07, 6.45) is 0.842. The van der Waals surface area contributed by atoms with Gasteiger partial charge >= 0.3 is 0 Å². The normalized spacial score (nSPS) is 10.3. The second kappa shape index (κ2) is 7.41. The lowest BCUT2D eigenvalue weighted by molar-refractivity contribution is 0.0954. The van der Waals surface area contributed by atoms with E-state index in [0.717, 1.165) is 17.5 Å². The minimum Gasteiger partial charge on any atom is -0.352 e. The molecule has 0 spiro atoms. The van der Waals surface area contributed by atoms with Crippen LogP contribution in [0.4, 0.5) is 0 Å². The third kappa shape index (κ3) is 4.07. The van der Waals surface area contributed by atoms with E-state index in [1.54, 1.807) is 0 Å². The number of rotatable bonds is 5. The van der Waals surface area contributed by atoms with Crippen molar-refractivity contribution in [3.05, 3.63) is 96.1 Å². The van der Waals surface area contributed by atoms with Crippen molar-refractivity contribution in [2.24, 2.45) is 0 Å². The molecule has 1 N–H and O–H groups in total. The molecular formula is C21H19NO. The largest absolute Gasteiger partial charge is 0.352 e. The zero-order valence-electron chi connectivity index (χ0n) is 12.9. The van der Waals surface area contributed by atoms with E-state index in [2.05, 4.69) is 29.6 Å². The van der Waals surface area contributed by atoms with Crippen LogP contribution in [-0.4, -0.2) is 12.5 Å². The van der Waals surface area contributed by atoms with Gasteiger partial charge in [-0.2, -0.15) is 0 Å². The Balaban J connectivity index is 1.58. The Hall–Kier alpha value is -2.87. The van der Waals surface area contributed by atoms with E-state index in [1.807, 2.05) is 60.7 Å². The number of amides is 1. The van der Waals surface area contributed by atoms with Crippen LogP contribution in [0.25, 0.3) is 11.1 Å². The van der Waals surface area contributed by atoms with Crippen molar-refractivity contribution in [1.82, 2.24) is 5.32 Å². The maximum absolute atomic E-state index is 12.2. The molecule has 23 heavy (non-hydrogen) atoms. The smallest absolute Gasteiger partial charge is 0.251 e. The summed E-state index contributed by atoms with van der Waals surface area (Å²) in [5.41, 5.74) is 4.19. The van der Waals surface area contributed by atoms with E-state index >= 15 is 0 Å². The Morgan fingerprint density at radius 1 is 0.696 bits per heavy atom. The van der Waals surface area contributed by atoms with E-state index in [-0.39, 0.29) is 5.91 Å². The molecule has 0 aliphatic heterocycles. The highest BCUT2D eigenvalue weighted by Gasteiger charge is 2.05. The first-order valence-electron chi connectivity index (χ1n) is 7.80. The second-order valence-electron chi connectivity index (χ2n) is 5.43. The van der Waals surface area contributed by atoms with Crippen LogP contribution in [0.3, 0.4) is 0 Å². The monoisotopic (exact) mass is 301 g/mol. The molecule has 0 unspecified atom stereocenters. The summed E-state index contributed by atoms with van der Waals surface area (Å²) in [7, 11) is 0. The standard InChI is InChI=1S/C21H19NO/c23-21(22-16-15-17-7-3-1-4-8-17)20-13-11-19(12-14-20)18-9-5-2-6-10-18/h1-14H,15-16H2,(H,22,23). The summed E-state index contributed by atoms with van der Waals surface area (Å²) in [5, 5.41) is 2.97. The van der Waals surface area contributed by atoms with Gasteiger partial charge in [0.2, 0.25) is 0 Å². The number of benzene rings is 3. The minimum atomic E-state index is -0.0273. The van der Waals surface area contributed by atoms with Crippen LogP contribution in [0.2, 0.25) is 0 Å². The van der Waals surface area contributed by atoms with Gasteiger partial charge in [0.05, 0.1) is 0 Å². The lowest BCUT2D eigenvalue weighted by atomic mass is 10.0. The quantitative estimate of drug-likeness (QED) is 0.747. The molecule has 2 heteroatoms. The summed E-state index contributed by atoms with van der Waals surface area (Å²) in [6.45, 7) is 0.642. The van der Waals surface area contributed by atoms with Gasteiger partial charge in [-0.1, -0.05) is 72.8 Å². The topological polar surface area (TPSA) is 29.1 Å². The summed E-state index contributed by atoms with van der Waals surface area (Å²) in [5.74, 6) is -0.0273. The fourth-order valence-electron chi connectivity index (χ4n) is 2.51. The van der Waals surface area contributed by atoms with E-state index in [4.69, 9.17) is 0 Å². The van der Waals surface area contributed by atoms with Crippen LogP contribution in [0.1, 0.15) is 15.9 Å². The molecule has 0 aromatic heterocycles. The lowest BCUT2D eigenvalue weighted by Crippen LogP contribution is -2.25. The van der Waals surface area contributed by atoms with Gasteiger partial charge < -0.3 is 5.32 Å². The summed E-state index contributed by atoms with van der Waals surface area (Å²) in [6, 6.07) is 28.0. The molecular weight excluding hydrogens is 282 g/mol. The van der Waals surface area contributed by atoms with Crippen LogP contribution in [-0.2, 0) is 6.42 Å². The van der Waals surface area contributed by atoms with Gasteiger partial charge in [-0.3, -0.25) is 4.79 Å². The maximum Gasteiger partial charge on any atom is 0.251 e. The number of hydrogen-bond acceptors (Lipinski definition) is 1. The van der Waals surface area contributed by atoms with E-state index in [9.17, 15) is 4.79 Å². The van der Waals surface area contributed by atoms with Gasteiger partial charge in [0.15, 0.2) is 0 Å². The first kappa shape index (κ1) is 15.0. The van der Waals surface area contributed by atoms with Crippen molar-refractivity contribution >= 4 is 5.91 Å². The van der Waals surface area contributed by atoms with Crippen molar-refractivity contribution in [2.75, 3.05) is 6.54 Å². The molecule has 3 rings (SSSR count). The highest BCUT2D eigenvalue weighted by Crippen LogP contribution is 2.19. The first-order valence-corrected chi connectivity index (χ1v) is 7.80. The fourth-order valence-corrected chi connectivity index (χ4v) is 2.51. The van der Waals surface area contributed by atoms with Gasteiger partial charge in [0.25, 0.3) is 5.91 Å². The highest BCUT2D eigenvalue weighted by molar-refractivity contribution is 5.94. The molecule has 0 aliphatic carbocycles. The van der Waals surface area contributed by atoms with E-state index in [1.165, 1.54) is 5.56 Å². The minimum absolute atomic E-state index is 0.0273. The Labute approximate surface area is 136 Å². The van der Waals surface area contributed by atoms with Crippen LogP contribution in [0.15, 0.2) is 84.9 Å². The number of hydrogen-bond donors (Lipinski definition) is 1. The lowest BCUT2D eigenvalue weighted by Gasteiger charge is -2.07. The Morgan fingerprint density at radius 3 is 1.91 bits per heavy atom. The van der Waals surface area contributed by atoms with Crippen LogP contribution < -0.4 is 5.32 Å². The van der Waals surface area contributed by atoms with Gasteiger partial charge in [-0.15, -0.1) is 0 Å². The highest BCUT2D eigenvalue weighted by atomic mass is 16.1. The zero-order valence-corrected chi connectivity index (χ0v) is 12.9. The van der Waals surface area contributed by atoms with Crippen LogP contribution >= 0.6 is 0 Å². The predicted molar refractivity (Wildman–Crippen MR) is 94.4 cm³/mol. The summed E-state index contributed by atoms with van der Waals surface area (Å²) < 4.78 is 0. The third-order valence-electron chi connectivity index (χ3n) is 3.80. The summed E-state index contributed by atoms with van der Waals surface area (Å²) in [4.78, 5) is 12.2. The molecule has 1 amide bonds. The van der Waals surface area contributed by atoms with Gasteiger partial charge in [-0.25, -0.2) is 0 Å². The number of carbonyl (C=O) groups excluding carboxylic acids is 1. The molecule has 0 saturated carbocycles. The van der Waals surface area contributed by atoms with Crippen molar-refractivity contribution in [3.8, 4) is 11.1 Å². The fraction of sp³-hybridized carbons (Fsp3) is 0.0952. The van der Waals surface area contributed by atoms with Crippen LogP contribution in [0.5, 0.6) is 0 Å². The Bertz CT molecular complexity index is 749. The molecule has 0 fully saturated rings. The molecule has 3 aromatic rings. The number of nitrogens with one attached hydrogen (secondary N) is 1. The molecule has 0 bridgehead atoms. The van der Waals surface area contributed by atoms with E-state index < -0.39 is 0 Å².